The highest BCUT2D eigenvalue weighted by atomic mass is 35.6. The number of nitrogens with one attached hydrogen (secondary N) is 2. The number of rotatable bonds is 17. The third kappa shape index (κ3) is 15.0. The van der Waals surface area contributed by atoms with Crippen LogP contribution in [-0.4, -0.2) is 107 Å². The van der Waals surface area contributed by atoms with E-state index in [1.807, 2.05) is 119 Å². The number of halogens is 3. The number of fused-ring (bicyclic) bond motifs is 1. The number of carbonyl (C=O) groups is 5. The van der Waals surface area contributed by atoms with E-state index in [4.69, 9.17) is 58.4 Å². The maximum absolute atomic E-state index is 14.8. The molecule has 0 spiro atoms. The number of amides is 3. The van der Waals surface area contributed by atoms with Crippen LogP contribution in [0.4, 0.5) is 4.79 Å². The molecular formula is C54H70Cl3N5O9Si. The fourth-order valence-electron chi connectivity index (χ4n) is 8.26. The molecule has 0 radical (unpaired) electrons. The normalized spacial score (nSPS) is 16.2. The van der Waals surface area contributed by atoms with Gasteiger partial charge in [-0.05, 0) is 93.4 Å². The van der Waals surface area contributed by atoms with Crippen molar-refractivity contribution in [1.82, 2.24) is 25.6 Å². The summed E-state index contributed by atoms with van der Waals surface area (Å²) in [5, 5.41) is 6.51. The molecule has 2 heterocycles. The zero-order valence-electron chi connectivity index (χ0n) is 43.4. The van der Waals surface area contributed by atoms with Gasteiger partial charge in [-0.2, -0.15) is 0 Å². The number of carbonyl (C=O) groups excluding carboxylic acids is 5. The maximum Gasteiger partial charge on any atom is 0.410 e. The summed E-state index contributed by atoms with van der Waals surface area (Å²) >= 11 is 17.5. The average molecular weight is 1070 g/mol. The van der Waals surface area contributed by atoms with E-state index in [0.29, 0.717) is 24.1 Å². The summed E-state index contributed by atoms with van der Waals surface area (Å²) in [6.45, 7) is 19.9. The maximum atomic E-state index is 14.8. The van der Waals surface area contributed by atoms with Crippen molar-refractivity contribution >= 4 is 100 Å². The predicted octanol–water partition coefficient (Wildman–Crippen LogP) is 9.24. The summed E-state index contributed by atoms with van der Waals surface area (Å²) in [6, 6.07) is 26.6. The second-order valence-corrected chi connectivity index (χ2v) is 28.0. The summed E-state index contributed by atoms with van der Waals surface area (Å²) in [7, 11) is -1.59. The van der Waals surface area contributed by atoms with Gasteiger partial charge in [-0.3, -0.25) is 29.2 Å². The standard InChI is InChI=1S/C54H70Cl3N5O9Si/c1-35(2)45(70-49(66)53(10,11)30-29-37-25-26-38-27-28-41(58-43(38)32-37)36(3)61(12)50(67)71-51(4,5)6)46(63)59-44(47(64)62-31-19-24-42(60-62)48(65)68-34-54(55,56)57)33-69-72(52(7,8)9,39-20-15-13-16-21-39)40-22-17-14-18-23-40/h13-18,20-23,25-30,32,35-36,42,44-45,60H,19,24,31,33-34H2,1-12H3,(H,59,63)/b30-29+/t36-,42+,44+,45+/m1/s1. The van der Waals surface area contributed by atoms with Crippen LogP contribution in [0.5, 0.6) is 0 Å². The largest absolute Gasteiger partial charge is 0.460 e. The van der Waals surface area contributed by atoms with Gasteiger partial charge >= 0.3 is 18.0 Å². The van der Waals surface area contributed by atoms with Crippen molar-refractivity contribution < 1.29 is 42.6 Å². The molecule has 1 fully saturated rings. The lowest BCUT2D eigenvalue weighted by atomic mass is 9.92. The van der Waals surface area contributed by atoms with E-state index in [0.717, 1.165) is 21.3 Å². The molecule has 3 aromatic carbocycles. The van der Waals surface area contributed by atoms with Gasteiger partial charge in [0.25, 0.3) is 20.1 Å². The molecule has 0 bridgehead atoms. The first-order valence-electron chi connectivity index (χ1n) is 24.2. The van der Waals surface area contributed by atoms with Gasteiger partial charge in [-0.15, -0.1) is 0 Å². The molecule has 18 heteroatoms. The van der Waals surface area contributed by atoms with Gasteiger partial charge in [0.2, 0.25) is 3.79 Å². The monoisotopic (exact) mass is 1070 g/mol. The average Bonchev–Trinajstić information content (AvgIpc) is 3.32. The van der Waals surface area contributed by atoms with Crippen LogP contribution in [0.25, 0.3) is 17.0 Å². The van der Waals surface area contributed by atoms with Gasteiger partial charge in [-0.1, -0.05) is 160 Å². The summed E-state index contributed by atoms with van der Waals surface area (Å²) in [5.41, 5.74) is 3.22. The molecule has 4 aromatic rings. The first-order valence-corrected chi connectivity index (χ1v) is 27.2. The minimum absolute atomic E-state index is 0.195. The van der Waals surface area contributed by atoms with Crippen molar-refractivity contribution in [2.75, 3.05) is 26.8 Å². The van der Waals surface area contributed by atoms with Crippen molar-refractivity contribution in [1.29, 1.82) is 0 Å². The van der Waals surface area contributed by atoms with Crippen molar-refractivity contribution in [2.24, 2.45) is 11.3 Å². The van der Waals surface area contributed by atoms with E-state index < -0.39 is 88.7 Å². The SMILES string of the molecule is CC(C)[C@H](OC(=O)C(C)(C)/C=C/c1ccc2ccc([C@@H](C)N(C)C(=O)OC(C)(C)C)nc2c1)C(=O)N[C@@H](CO[Si](c1ccccc1)(c1ccccc1)C(C)(C)C)C(=O)N1CCC[C@@H](C(=O)OCC(Cl)(Cl)Cl)N1. The van der Waals surface area contributed by atoms with Gasteiger partial charge in [-0.25, -0.2) is 10.2 Å². The van der Waals surface area contributed by atoms with Crippen LogP contribution >= 0.6 is 34.8 Å². The van der Waals surface area contributed by atoms with E-state index in [-0.39, 0.29) is 19.2 Å². The van der Waals surface area contributed by atoms with Gasteiger partial charge < -0.3 is 28.9 Å². The summed E-state index contributed by atoms with van der Waals surface area (Å²) < 4.78 is 22.2. The quantitative estimate of drug-likeness (QED) is 0.0448. The molecule has 0 saturated carbocycles. The highest BCUT2D eigenvalue weighted by molar-refractivity contribution is 6.99. The topological polar surface area (TPSA) is 166 Å². The number of ether oxygens (including phenoxy) is 3. The van der Waals surface area contributed by atoms with Crippen molar-refractivity contribution in [2.45, 2.75) is 128 Å². The molecule has 1 saturated heterocycles. The number of hydrogen-bond acceptors (Lipinski definition) is 11. The fraction of sp³-hybridized carbons (Fsp3) is 0.481. The van der Waals surface area contributed by atoms with Crippen LogP contribution in [0.1, 0.15) is 106 Å². The molecule has 1 aromatic heterocycles. The molecule has 0 unspecified atom stereocenters. The lowest BCUT2D eigenvalue weighted by Crippen LogP contribution is -2.68. The van der Waals surface area contributed by atoms with Crippen LogP contribution in [0.2, 0.25) is 5.04 Å². The summed E-state index contributed by atoms with van der Waals surface area (Å²) in [5.74, 6) is -3.20. The zero-order valence-corrected chi connectivity index (χ0v) is 46.7. The number of esters is 2. The first-order chi connectivity index (χ1) is 33.5. The van der Waals surface area contributed by atoms with Crippen LogP contribution in [0.3, 0.4) is 0 Å². The smallest absolute Gasteiger partial charge is 0.410 e. The number of aromatic nitrogens is 1. The fourth-order valence-corrected chi connectivity index (χ4v) is 13.0. The minimum atomic E-state index is -3.27. The number of nitrogens with zero attached hydrogens (tertiary/aromatic N) is 3. The lowest BCUT2D eigenvalue weighted by molar-refractivity contribution is -0.165. The second-order valence-electron chi connectivity index (χ2n) is 21.2. The van der Waals surface area contributed by atoms with Gasteiger partial charge in [0.05, 0.1) is 29.3 Å². The van der Waals surface area contributed by atoms with Gasteiger partial charge in [0, 0.05) is 19.0 Å². The van der Waals surface area contributed by atoms with E-state index in [9.17, 15) is 24.0 Å². The highest BCUT2D eigenvalue weighted by Crippen LogP contribution is 2.37. The van der Waals surface area contributed by atoms with Crippen molar-refractivity contribution in [3.63, 3.8) is 0 Å². The Bertz CT molecular complexity index is 2520. The molecule has 1 aliphatic heterocycles. The molecule has 2 N–H and O–H groups in total. The number of hydrazine groups is 1. The Balaban J connectivity index is 1.40. The Morgan fingerprint density at radius 3 is 2.03 bits per heavy atom. The molecule has 5 rings (SSSR count). The molecular weight excluding hydrogens is 997 g/mol. The van der Waals surface area contributed by atoms with E-state index in [1.165, 1.54) is 9.91 Å². The first kappa shape index (κ1) is 57.9. The van der Waals surface area contributed by atoms with Gasteiger partial charge in [0.1, 0.15) is 24.3 Å². The number of pyridine rings is 1. The number of alkyl halides is 3. The van der Waals surface area contributed by atoms with Crippen molar-refractivity contribution in [3.05, 3.63) is 108 Å². The lowest BCUT2D eigenvalue weighted by Gasteiger charge is -2.44. The molecule has 14 nitrogen and oxygen atoms in total. The van der Waals surface area contributed by atoms with Crippen LogP contribution in [-0.2, 0) is 37.8 Å². The summed E-state index contributed by atoms with van der Waals surface area (Å²) in [4.78, 5) is 75.8. The zero-order chi connectivity index (χ0) is 53.4. The predicted molar refractivity (Wildman–Crippen MR) is 286 cm³/mol. The summed E-state index contributed by atoms with van der Waals surface area (Å²) in [6.07, 6.45) is 2.46. The van der Waals surface area contributed by atoms with E-state index >= 15 is 0 Å². The molecule has 72 heavy (non-hydrogen) atoms. The third-order valence-electron chi connectivity index (χ3n) is 12.4. The van der Waals surface area contributed by atoms with Crippen LogP contribution < -0.4 is 21.1 Å². The van der Waals surface area contributed by atoms with E-state index in [2.05, 4.69) is 31.5 Å². The molecule has 3 amide bonds. The highest BCUT2D eigenvalue weighted by Gasteiger charge is 2.51. The minimum Gasteiger partial charge on any atom is -0.460 e. The number of benzene rings is 3. The number of hydrogen-bond donors (Lipinski definition) is 2. The molecule has 0 aliphatic carbocycles. The Morgan fingerprint density at radius 2 is 1.47 bits per heavy atom. The van der Waals surface area contributed by atoms with Gasteiger partial charge in [0.15, 0.2) is 6.10 Å². The Hall–Kier alpha value is -5.03. The van der Waals surface area contributed by atoms with Crippen LogP contribution in [0, 0.1) is 11.3 Å². The Morgan fingerprint density at radius 1 is 0.875 bits per heavy atom. The third-order valence-corrected chi connectivity index (χ3v) is 17.7. The Labute approximate surface area is 440 Å². The molecule has 390 valence electrons. The molecule has 1 aliphatic rings. The van der Waals surface area contributed by atoms with Crippen LogP contribution in [0.15, 0.2) is 97.1 Å². The van der Waals surface area contributed by atoms with E-state index in [1.54, 1.807) is 46.9 Å². The van der Waals surface area contributed by atoms with Crippen molar-refractivity contribution in [3.8, 4) is 0 Å². The Kier molecular flexibility index (Phi) is 19.2. The second kappa shape index (κ2) is 23.9. The molecule has 4 atom stereocenters.